The number of benzene rings is 2. The highest BCUT2D eigenvalue weighted by Gasteiger charge is 2.37. The number of fused-ring (bicyclic) bond motifs is 1. The van der Waals surface area contributed by atoms with Crippen LogP contribution >= 0.6 is 15.9 Å². The molecule has 0 radical (unpaired) electrons. The van der Waals surface area contributed by atoms with E-state index >= 15 is 0 Å². The third-order valence-corrected chi connectivity index (χ3v) is 3.83. The average molecular weight is 327 g/mol. The van der Waals surface area contributed by atoms with Crippen LogP contribution in [0, 0.1) is 16.5 Å². The number of Topliss-reactive ketones (excluding diaryl/α,β-unsaturated/α-hetero) is 1. The Morgan fingerprint density at radius 1 is 1.15 bits per heavy atom. The number of halogens is 1. The van der Waals surface area contributed by atoms with Gasteiger partial charge in [0.05, 0.1) is 17.2 Å². The summed E-state index contributed by atoms with van der Waals surface area (Å²) in [7, 11) is 0. The van der Waals surface area contributed by atoms with Crippen molar-refractivity contribution in [3.63, 3.8) is 0 Å². The van der Waals surface area contributed by atoms with Crippen LogP contribution in [0.4, 0.5) is 5.69 Å². The summed E-state index contributed by atoms with van der Waals surface area (Å²) in [6.45, 7) is 0. The van der Waals surface area contributed by atoms with Crippen molar-refractivity contribution in [2.24, 2.45) is 0 Å². The van der Waals surface area contributed by atoms with Gasteiger partial charge in [-0.15, -0.1) is 0 Å². The molecular weight excluding hydrogens is 320 g/mol. The molecule has 0 amide bonds. The van der Waals surface area contributed by atoms with E-state index in [1.165, 1.54) is 18.2 Å². The summed E-state index contributed by atoms with van der Waals surface area (Å²) >= 11 is 3.34. The van der Waals surface area contributed by atoms with Gasteiger partial charge in [-0.05, 0) is 40.2 Å². The van der Waals surface area contributed by atoms with E-state index < -0.39 is 0 Å². The third-order valence-electron chi connectivity index (χ3n) is 3.14. The summed E-state index contributed by atoms with van der Waals surface area (Å²) in [6.07, 6.45) is 0. The first-order valence-electron chi connectivity index (χ1n) is 5.81. The van der Waals surface area contributed by atoms with Gasteiger partial charge < -0.3 is 5.21 Å². The minimum atomic E-state index is -0.362. The molecule has 0 unspecified atom stereocenters. The maximum absolute atomic E-state index is 12.4. The van der Waals surface area contributed by atoms with Crippen LogP contribution in [0.2, 0.25) is 0 Å². The Morgan fingerprint density at radius 3 is 2.60 bits per heavy atom. The maximum Gasteiger partial charge on any atom is 0.274 e. The van der Waals surface area contributed by atoms with Crippen molar-refractivity contribution in [1.82, 2.24) is 0 Å². The van der Waals surface area contributed by atoms with Crippen LogP contribution < -0.4 is 0 Å². The predicted octanol–water partition coefficient (Wildman–Crippen LogP) is 3.15. The molecule has 0 aromatic heterocycles. The molecule has 2 aromatic carbocycles. The van der Waals surface area contributed by atoms with E-state index in [1.807, 2.05) is 12.1 Å². The second kappa shape index (κ2) is 4.58. The minimum Gasteiger partial charge on any atom is -0.618 e. The number of rotatable bonds is 1. The van der Waals surface area contributed by atoms with Crippen LogP contribution in [0.1, 0.15) is 21.5 Å². The van der Waals surface area contributed by atoms with Crippen molar-refractivity contribution in [2.75, 3.05) is 0 Å². The molecule has 20 heavy (non-hydrogen) atoms. The van der Waals surface area contributed by atoms with Crippen molar-refractivity contribution in [1.29, 1.82) is 5.26 Å². The molecule has 1 aliphatic heterocycles. The fourth-order valence-electron chi connectivity index (χ4n) is 2.19. The fraction of sp³-hybridized carbons (Fsp3) is 0. The average Bonchev–Trinajstić information content (AvgIpc) is 2.71. The number of carbonyl (C=O) groups is 1. The zero-order valence-corrected chi connectivity index (χ0v) is 11.7. The molecule has 0 N–H and O–H groups in total. The molecule has 0 aliphatic carbocycles. The molecule has 3 rings (SSSR count). The van der Waals surface area contributed by atoms with E-state index in [0.717, 1.165) is 0 Å². The molecule has 0 saturated heterocycles. The lowest BCUT2D eigenvalue weighted by atomic mass is 10.0. The largest absolute Gasteiger partial charge is 0.618 e. The van der Waals surface area contributed by atoms with Crippen LogP contribution in [0.15, 0.2) is 46.9 Å². The molecule has 1 aliphatic rings. The Hall–Kier alpha value is -2.45. The van der Waals surface area contributed by atoms with Gasteiger partial charge in [0.15, 0.2) is 0 Å². The second-order valence-electron chi connectivity index (χ2n) is 4.30. The summed E-state index contributed by atoms with van der Waals surface area (Å²) in [6, 6.07) is 13.5. The Labute approximate surface area is 123 Å². The van der Waals surface area contributed by atoms with Crippen LogP contribution in [-0.4, -0.2) is 16.2 Å². The highest BCUT2D eigenvalue weighted by Crippen LogP contribution is 2.30. The Balaban J connectivity index is 2.22. The minimum absolute atomic E-state index is 0.0718. The zero-order valence-electron chi connectivity index (χ0n) is 10.1. The van der Waals surface area contributed by atoms with E-state index in [0.29, 0.717) is 20.3 Å². The molecule has 0 fully saturated rings. The lowest BCUT2D eigenvalue weighted by Gasteiger charge is -2.03. The van der Waals surface area contributed by atoms with Crippen molar-refractivity contribution < 1.29 is 9.53 Å². The monoisotopic (exact) mass is 326 g/mol. The maximum atomic E-state index is 12.4. The van der Waals surface area contributed by atoms with Crippen molar-refractivity contribution in [2.45, 2.75) is 0 Å². The molecule has 0 atom stereocenters. The van der Waals surface area contributed by atoms with Gasteiger partial charge in [0.25, 0.3) is 11.5 Å². The predicted molar refractivity (Wildman–Crippen MR) is 77.0 cm³/mol. The number of hydrogen-bond acceptors (Lipinski definition) is 3. The fourth-order valence-corrected chi connectivity index (χ4v) is 2.66. The molecular formula is C15H7BrN2O2. The summed E-state index contributed by atoms with van der Waals surface area (Å²) in [5.41, 5.74) is 1.52. The molecule has 1 heterocycles. The quantitative estimate of drug-likeness (QED) is 0.597. The summed E-state index contributed by atoms with van der Waals surface area (Å²) in [5, 5.41) is 21.2. The number of carbonyl (C=O) groups excluding carboxylic acids is 1. The molecule has 5 heteroatoms. The molecule has 4 nitrogen and oxygen atoms in total. The topological polar surface area (TPSA) is 66.9 Å². The zero-order chi connectivity index (χ0) is 14.3. The van der Waals surface area contributed by atoms with Crippen LogP contribution in [0.5, 0.6) is 0 Å². The molecule has 96 valence electrons. The van der Waals surface area contributed by atoms with Crippen molar-refractivity contribution >= 4 is 33.1 Å². The first kappa shape index (κ1) is 12.6. The number of nitrogens with zero attached hydrogens (tertiary/aromatic N) is 2. The third kappa shape index (κ3) is 1.74. The summed E-state index contributed by atoms with van der Waals surface area (Å²) < 4.78 is 1.30. The van der Waals surface area contributed by atoms with Crippen LogP contribution in [0.3, 0.4) is 0 Å². The smallest absolute Gasteiger partial charge is 0.274 e. The molecule has 0 spiro atoms. The first-order valence-corrected chi connectivity index (χ1v) is 6.60. The van der Waals surface area contributed by atoms with E-state index in [2.05, 4.69) is 15.9 Å². The molecule has 2 aromatic rings. The number of hydrogen-bond donors (Lipinski definition) is 0. The van der Waals surface area contributed by atoms with Gasteiger partial charge in [-0.3, -0.25) is 4.79 Å². The first-order chi connectivity index (χ1) is 9.63. The molecule has 0 saturated carbocycles. The Morgan fingerprint density at radius 2 is 1.90 bits per heavy atom. The second-order valence-corrected chi connectivity index (χ2v) is 5.15. The Kier molecular flexibility index (Phi) is 2.88. The van der Waals surface area contributed by atoms with Gasteiger partial charge in [0, 0.05) is 10.5 Å². The van der Waals surface area contributed by atoms with Crippen molar-refractivity contribution in [3.05, 3.63) is 68.8 Å². The number of nitriles is 1. The van der Waals surface area contributed by atoms with Crippen molar-refractivity contribution in [3.8, 4) is 6.07 Å². The van der Waals surface area contributed by atoms with E-state index in [4.69, 9.17) is 5.26 Å². The summed E-state index contributed by atoms with van der Waals surface area (Å²) in [5.74, 6) is -0.362. The Bertz CT molecular complexity index is 819. The van der Waals surface area contributed by atoms with Gasteiger partial charge in [-0.1, -0.05) is 12.1 Å². The standard InChI is InChI=1S/C15H7BrN2O2/c16-12-4-2-1-3-10(12)14-15(19)11-7-9(8-17)5-6-13(11)18(14)20/h1-7H. The van der Waals surface area contributed by atoms with Gasteiger partial charge in [-0.25, -0.2) is 0 Å². The SMILES string of the molecule is N#Cc1ccc2c(c1)C(=O)C(c1ccccc1Br)=[N+]2[O-]. The summed E-state index contributed by atoms with van der Waals surface area (Å²) in [4.78, 5) is 12.4. The lowest BCUT2D eigenvalue weighted by Crippen LogP contribution is -2.17. The highest BCUT2D eigenvalue weighted by molar-refractivity contribution is 9.10. The number of ketones is 1. The lowest BCUT2D eigenvalue weighted by molar-refractivity contribution is -0.355. The molecule has 0 bridgehead atoms. The highest BCUT2D eigenvalue weighted by atomic mass is 79.9. The van der Waals surface area contributed by atoms with Gasteiger partial charge in [0.1, 0.15) is 5.56 Å². The normalized spacial score (nSPS) is 13.3. The van der Waals surface area contributed by atoms with E-state index in [-0.39, 0.29) is 22.7 Å². The van der Waals surface area contributed by atoms with Gasteiger partial charge >= 0.3 is 0 Å². The van der Waals surface area contributed by atoms with Gasteiger partial charge in [0.2, 0.25) is 5.69 Å². The van der Waals surface area contributed by atoms with E-state index in [1.54, 1.807) is 18.2 Å². The van der Waals surface area contributed by atoms with Gasteiger partial charge in [-0.2, -0.15) is 10.0 Å². The van der Waals surface area contributed by atoms with E-state index in [9.17, 15) is 10.0 Å². The van der Waals surface area contributed by atoms with Crippen LogP contribution in [-0.2, 0) is 0 Å². The van der Waals surface area contributed by atoms with Crippen LogP contribution in [0.25, 0.3) is 0 Å².